The molecule has 1 aromatic carbocycles. The van der Waals surface area contributed by atoms with Crippen molar-refractivity contribution < 1.29 is 17.9 Å². The number of ether oxygens (including phenoxy) is 1. The first-order valence-corrected chi connectivity index (χ1v) is 6.76. The Balaban J connectivity index is 2.10. The lowest BCUT2D eigenvalue weighted by molar-refractivity contribution is -0.138. The van der Waals surface area contributed by atoms with Crippen molar-refractivity contribution in [3.8, 4) is 0 Å². The van der Waals surface area contributed by atoms with E-state index in [1.165, 1.54) is 12.1 Å². The van der Waals surface area contributed by atoms with E-state index in [9.17, 15) is 13.2 Å². The Kier molecular flexibility index (Phi) is 5.01. The van der Waals surface area contributed by atoms with E-state index < -0.39 is 17.8 Å². The maximum Gasteiger partial charge on any atom is 0.416 e. The first-order chi connectivity index (χ1) is 9.52. The first-order valence-electron chi connectivity index (χ1n) is 6.76. The summed E-state index contributed by atoms with van der Waals surface area (Å²) in [6, 6.07) is 5.03. The Bertz CT molecular complexity index is 431. The van der Waals surface area contributed by atoms with Gasteiger partial charge in [0.05, 0.1) is 11.7 Å². The molecule has 1 saturated heterocycles. The number of rotatable bonds is 5. The summed E-state index contributed by atoms with van der Waals surface area (Å²) in [6.45, 7) is 0.741. The zero-order valence-corrected chi connectivity index (χ0v) is 11.1. The van der Waals surface area contributed by atoms with E-state index in [1.54, 1.807) is 6.07 Å². The van der Waals surface area contributed by atoms with Gasteiger partial charge in [-0.25, -0.2) is 0 Å². The van der Waals surface area contributed by atoms with Crippen molar-refractivity contribution in [1.29, 1.82) is 0 Å². The van der Waals surface area contributed by atoms with Gasteiger partial charge in [-0.1, -0.05) is 18.2 Å². The Morgan fingerprint density at radius 3 is 2.70 bits per heavy atom. The molecule has 2 unspecified atom stereocenters. The summed E-state index contributed by atoms with van der Waals surface area (Å²) in [5.41, 5.74) is 2.06. The average molecular weight is 288 g/mol. The van der Waals surface area contributed by atoms with Crippen molar-refractivity contribution in [3.63, 3.8) is 0 Å². The molecule has 1 aromatic rings. The van der Waals surface area contributed by atoms with Crippen LogP contribution in [0.5, 0.6) is 0 Å². The Morgan fingerprint density at radius 1 is 1.35 bits per heavy atom. The monoisotopic (exact) mass is 288 g/mol. The quantitative estimate of drug-likeness (QED) is 0.646. The summed E-state index contributed by atoms with van der Waals surface area (Å²) in [4.78, 5) is 0. The molecule has 2 atom stereocenters. The molecule has 2 rings (SSSR count). The van der Waals surface area contributed by atoms with Gasteiger partial charge >= 0.3 is 6.18 Å². The van der Waals surface area contributed by atoms with E-state index in [0.717, 1.165) is 25.5 Å². The highest BCUT2D eigenvalue weighted by atomic mass is 19.4. The number of benzene rings is 1. The molecule has 0 aliphatic carbocycles. The summed E-state index contributed by atoms with van der Waals surface area (Å²) in [7, 11) is 0. The standard InChI is InChI=1S/C14H19F3N2O/c15-14(16,17)12-6-2-1-5-11(12)13(19-18)8-7-10-4-3-9-20-10/h1-2,5-6,10,13,19H,3-4,7-9,18H2. The molecule has 1 aliphatic rings. The van der Waals surface area contributed by atoms with Gasteiger partial charge in [-0.2, -0.15) is 13.2 Å². The molecule has 1 aliphatic heterocycles. The van der Waals surface area contributed by atoms with Crippen LogP contribution in [0.3, 0.4) is 0 Å². The maximum atomic E-state index is 13.0. The molecule has 20 heavy (non-hydrogen) atoms. The second-order valence-electron chi connectivity index (χ2n) is 5.02. The number of hydrogen-bond donors (Lipinski definition) is 2. The highest BCUT2D eigenvalue weighted by molar-refractivity contribution is 5.32. The van der Waals surface area contributed by atoms with Gasteiger partial charge in [0.1, 0.15) is 0 Å². The molecule has 0 saturated carbocycles. The van der Waals surface area contributed by atoms with Crippen molar-refractivity contribution in [2.45, 2.75) is 44.0 Å². The first kappa shape index (κ1) is 15.3. The van der Waals surface area contributed by atoms with Crippen LogP contribution in [0.25, 0.3) is 0 Å². The zero-order chi connectivity index (χ0) is 14.6. The third-order valence-electron chi connectivity index (χ3n) is 3.64. The molecule has 0 radical (unpaired) electrons. The third kappa shape index (κ3) is 3.71. The maximum absolute atomic E-state index is 13.0. The van der Waals surface area contributed by atoms with Gasteiger partial charge in [0.2, 0.25) is 0 Å². The van der Waals surface area contributed by atoms with E-state index in [1.807, 2.05) is 0 Å². The van der Waals surface area contributed by atoms with Gasteiger partial charge in [-0.3, -0.25) is 11.3 Å². The minimum atomic E-state index is -4.37. The Hall–Kier alpha value is -1.11. The highest BCUT2D eigenvalue weighted by Crippen LogP contribution is 2.36. The van der Waals surface area contributed by atoms with Crippen molar-refractivity contribution >= 4 is 0 Å². The predicted molar refractivity (Wildman–Crippen MR) is 69.7 cm³/mol. The normalized spacial score (nSPS) is 21.1. The summed E-state index contributed by atoms with van der Waals surface area (Å²) in [5, 5.41) is 0. The lowest BCUT2D eigenvalue weighted by Crippen LogP contribution is -2.30. The van der Waals surface area contributed by atoms with E-state index in [0.29, 0.717) is 12.8 Å². The highest BCUT2D eigenvalue weighted by Gasteiger charge is 2.34. The molecular weight excluding hydrogens is 269 g/mol. The van der Waals surface area contributed by atoms with Crippen LogP contribution >= 0.6 is 0 Å². The van der Waals surface area contributed by atoms with Crippen LogP contribution in [0.15, 0.2) is 24.3 Å². The Morgan fingerprint density at radius 2 is 2.10 bits per heavy atom. The van der Waals surface area contributed by atoms with Gasteiger partial charge in [-0.05, 0) is 37.3 Å². The van der Waals surface area contributed by atoms with Gasteiger partial charge in [0, 0.05) is 12.6 Å². The van der Waals surface area contributed by atoms with E-state index in [-0.39, 0.29) is 11.7 Å². The lowest BCUT2D eigenvalue weighted by Gasteiger charge is -2.22. The largest absolute Gasteiger partial charge is 0.416 e. The fourth-order valence-corrected chi connectivity index (χ4v) is 2.61. The molecule has 1 fully saturated rings. The van der Waals surface area contributed by atoms with Gasteiger partial charge in [0.25, 0.3) is 0 Å². The predicted octanol–water partition coefficient (Wildman–Crippen LogP) is 3.17. The molecule has 3 N–H and O–H groups in total. The minimum Gasteiger partial charge on any atom is -0.378 e. The zero-order valence-electron chi connectivity index (χ0n) is 11.1. The second kappa shape index (κ2) is 6.56. The second-order valence-corrected chi connectivity index (χ2v) is 5.02. The van der Waals surface area contributed by atoms with Crippen LogP contribution in [0.4, 0.5) is 13.2 Å². The van der Waals surface area contributed by atoms with Crippen LogP contribution in [-0.4, -0.2) is 12.7 Å². The smallest absolute Gasteiger partial charge is 0.378 e. The number of nitrogens with two attached hydrogens (primary N) is 1. The van der Waals surface area contributed by atoms with E-state index in [2.05, 4.69) is 5.43 Å². The topological polar surface area (TPSA) is 47.3 Å². The molecule has 1 heterocycles. The van der Waals surface area contributed by atoms with Crippen molar-refractivity contribution in [3.05, 3.63) is 35.4 Å². The number of hydrogen-bond acceptors (Lipinski definition) is 3. The molecular formula is C14H19F3N2O. The van der Waals surface area contributed by atoms with Crippen molar-refractivity contribution in [2.75, 3.05) is 6.61 Å². The fourth-order valence-electron chi connectivity index (χ4n) is 2.61. The van der Waals surface area contributed by atoms with Gasteiger partial charge in [0.15, 0.2) is 0 Å². The molecule has 0 bridgehead atoms. The summed E-state index contributed by atoms with van der Waals surface area (Å²) in [6.07, 6.45) is -1.00. The average Bonchev–Trinajstić information content (AvgIpc) is 2.92. The number of alkyl halides is 3. The van der Waals surface area contributed by atoms with Crippen LogP contribution in [-0.2, 0) is 10.9 Å². The van der Waals surface area contributed by atoms with Crippen LogP contribution in [0.1, 0.15) is 42.9 Å². The van der Waals surface area contributed by atoms with Crippen molar-refractivity contribution in [1.82, 2.24) is 5.43 Å². The molecule has 0 aromatic heterocycles. The van der Waals surface area contributed by atoms with Crippen LogP contribution in [0.2, 0.25) is 0 Å². The van der Waals surface area contributed by atoms with Crippen molar-refractivity contribution in [2.24, 2.45) is 5.84 Å². The number of nitrogens with one attached hydrogen (secondary N) is 1. The SMILES string of the molecule is NNC(CCC1CCCO1)c1ccccc1C(F)(F)F. The van der Waals surface area contributed by atoms with Crippen LogP contribution < -0.4 is 11.3 Å². The molecule has 0 spiro atoms. The van der Waals surface area contributed by atoms with Gasteiger partial charge in [-0.15, -0.1) is 0 Å². The summed E-state index contributed by atoms with van der Waals surface area (Å²) in [5.74, 6) is 5.44. The third-order valence-corrected chi connectivity index (χ3v) is 3.64. The summed E-state index contributed by atoms with van der Waals surface area (Å²) >= 11 is 0. The summed E-state index contributed by atoms with van der Waals surface area (Å²) < 4.78 is 44.5. The van der Waals surface area contributed by atoms with E-state index >= 15 is 0 Å². The Labute approximate surface area is 116 Å². The molecule has 3 nitrogen and oxygen atoms in total. The number of halogens is 3. The van der Waals surface area contributed by atoms with E-state index in [4.69, 9.17) is 10.6 Å². The molecule has 6 heteroatoms. The fraction of sp³-hybridized carbons (Fsp3) is 0.571. The number of hydrazine groups is 1. The van der Waals surface area contributed by atoms with Crippen LogP contribution in [0, 0.1) is 0 Å². The lowest BCUT2D eigenvalue weighted by atomic mass is 9.95. The molecule has 0 amide bonds. The van der Waals surface area contributed by atoms with Gasteiger partial charge < -0.3 is 4.74 Å². The molecule has 112 valence electrons. The minimum absolute atomic E-state index is 0.142.